The molecule has 0 amide bonds. The molecule has 0 fully saturated rings. The summed E-state index contributed by atoms with van der Waals surface area (Å²) < 4.78 is 5.59. The Labute approximate surface area is 117 Å². The van der Waals surface area contributed by atoms with Crippen LogP contribution in [0, 0.1) is 5.92 Å². The quantitative estimate of drug-likeness (QED) is 0.693. The number of furan rings is 1. The highest BCUT2D eigenvalue weighted by molar-refractivity contribution is 5.17. The maximum absolute atomic E-state index is 5.59. The number of likely N-dealkylation sites (N-methyl/N-ethyl adjacent to an activating group) is 1. The molecule has 108 valence electrons. The lowest BCUT2D eigenvalue weighted by atomic mass is 10.2. The lowest BCUT2D eigenvalue weighted by Gasteiger charge is -2.20. The summed E-state index contributed by atoms with van der Waals surface area (Å²) in [6.07, 6.45) is 1.79. The Morgan fingerprint density at radius 3 is 2.79 bits per heavy atom. The van der Waals surface area contributed by atoms with Crippen molar-refractivity contribution in [3.8, 4) is 0 Å². The van der Waals surface area contributed by atoms with E-state index >= 15 is 0 Å². The zero-order valence-electron chi connectivity index (χ0n) is 12.8. The molecular weight excluding hydrogens is 236 g/mol. The molecule has 0 spiro atoms. The second-order valence-corrected chi connectivity index (χ2v) is 5.65. The summed E-state index contributed by atoms with van der Waals surface area (Å²) in [7, 11) is 0. The molecule has 0 saturated heterocycles. The van der Waals surface area contributed by atoms with Crippen LogP contribution < -0.4 is 5.32 Å². The van der Waals surface area contributed by atoms with Crippen molar-refractivity contribution in [2.75, 3.05) is 19.6 Å². The van der Waals surface area contributed by atoms with E-state index in [1.165, 1.54) is 11.1 Å². The van der Waals surface area contributed by atoms with Crippen LogP contribution in [0.3, 0.4) is 0 Å². The maximum Gasteiger partial charge on any atom is 0.122 e. The summed E-state index contributed by atoms with van der Waals surface area (Å²) in [6, 6.07) is 2.08. The molecule has 1 aromatic rings. The van der Waals surface area contributed by atoms with E-state index in [4.69, 9.17) is 4.42 Å². The van der Waals surface area contributed by atoms with Gasteiger partial charge in [-0.25, -0.2) is 0 Å². The molecule has 1 N–H and O–H groups in total. The summed E-state index contributed by atoms with van der Waals surface area (Å²) in [6.45, 7) is 17.4. The second kappa shape index (κ2) is 8.18. The summed E-state index contributed by atoms with van der Waals surface area (Å²) in [5, 5.41) is 3.43. The van der Waals surface area contributed by atoms with Gasteiger partial charge in [0, 0.05) is 18.7 Å². The van der Waals surface area contributed by atoms with E-state index in [0.717, 1.165) is 38.5 Å². The van der Waals surface area contributed by atoms with Crippen molar-refractivity contribution >= 4 is 0 Å². The molecule has 0 radical (unpaired) electrons. The topological polar surface area (TPSA) is 28.4 Å². The first-order valence-corrected chi connectivity index (χ1v) is 7.15. The van der Waals surface area contributed by atoms with Crippen LogP contribution in [0.25, 0.3) is 0 Å². The van der Waals surface area contributed by atoms with Crippen molar-refractivity contribution in [2.24, 2.45) is 5.92 Å². The Bertz CT molecular complexity index is 382. The van der Waals surface area contributed by atoms with Gasteiger partial charge in [0.15, 0.2) is 0 Å². The molecule has 0 bridgehead atoms. The first-order valence-electron chi connectivity index (χ1n) is 7.15. The fraction of sp³-hybridized carbons (Fsp3) is 0.625. The fourth-order valence-electron chi connectivity index (χ4n) is 2.04. The lowest BCUT2D eigenvalue weighted by molar-refractivity contribution is 0.300. The van der Waals surface area contributed by atoms with Gasteiger partial charge in [0.2, 0.25) is 0 Å². The van der Waals surface area contributed by atoms with Crippen molar-refractivity contribution in [3.05, 3.63) is 35.8 Å². The predicted octanol–water partition coefficient (Wildman–Crippen LogP) is 3.42. The Hall–Kier alpha value is -1.06. The molecule has 0 aliphatic heterocycles. The highest BCUT2D eigenvalue weighted by Gasteiger charge is 2.10. The van der Waals surface area contributed by atoms with Crippen molar-refractivity contribution in [1.29, 1.82) is 0 Å². The smallest absolute Gasteiger partial charge is 0.122 e. The molecule has 0 unspecified atom stereocenters. The normalized spacial score (nSPS) is 11.5. The molecule has 0 atom stereocenters. The van der Waals surface area contributed by atoms with Crippen LogP contribution in [0.2, 0.25) is 0 Å². The third-order valence-corrected chi connectivity index (χ3v) is 3.01. The van der Waals surface area contributed by atoms with E-state index in [0.29, 0.717) is 5.92 Å². The zero-order valence-corrected chi connectivity index (χ0v) is 12.8. The van der Waals surface area contributed by atoms with Crippen molar-refractivity contribution < 1.29 is 4.42 Å². The van der Waals surface area contributed by atoms with Crippen LogP contribution in [0.4, 0.5) is 0 Å². The van der Waals surface area contributed by atoms with E-state index in [2.05, 4.69) is 50.6 Å². The number of hydrogen-bond donors (Lipinski definition) is 1. The molecule has 0 aromatic carbocycles. The molecule has 0 aliphatic rings. The molecule has 0 saturated carbocycles. The average Bonchev–Trinajstić information content (AvgIpc) is 2.75. The minimum absolute atomic E-state index is 0.661. The minimum atomic E-state index is 0.661. The average molecular weight is 264 g/mol. The fourth-order valence-corrected chi connectivity index (χ4v) is 2.04. The highest BCUT2D eigenvalue weighted by atomic mass is 16.3. The van der Waals surface area contributed by atoms with Crippen LogP contribution in [-0.4, -0.2) is 24.5 Å². The van der Waals surface area contributed by atoms with Crippen molar-refractivity contribution in [3.63, 3.8) is 0 Å². The van der Waals surface area contributed by atoms with E-state index in [-0.39, 0.29) is 0 Å². The van der Waals surface area contributed by atoms with Gasteiger partial charge in [-0.2, -0.15) is 0 Å². The highest BCUT2D eigenvalue weighted by Crippen LogP contribution is 2.14. The van der Waals surface area contributed by atoms with E-state index in [9.17, 15) is 0 Å². The van der Waals surface area contributed by atoms with Gasteiger partial charge in [-0.1, -0.05) is 32.9 Å². The van der Waals surface area contributed by atoms with Crippen LogP contribution in [0.15, 0.2) is 28.9 Å². The summed E-state index contributed by atoms with van der Waals surface area (Å²) in [5.41, 5.74) is 2.48. The molecule has 19 heavy (non-hydrogen) atoms. The minimum Gasteiger partial charge on any atom is -0.468 e. The lowest BCUT2D eigenvalue weighted by Crippen LogP contribution is -2.25. The largest absolute Gasteiger partial charge is 0.468 e. The molecule has 3 nitrogen and oxygen atoms in total. The van der Waals surface area contributed by atoms with Gasteiger partial charge in [0.1, 0.15) is 5.76 Å². The molecule has 1 heterocycles. The van der Waals surface area contributed by atoms with Crippen LogP contribution >= 0.6 is 0 Å². The van der Waals surface area contributed by atoms with E-state index < -0.39 is 0 Å². The molecule has 1 aromatic heterocycles. The molecule has 0 aliphatic carbocycles. The standard InChI is InChI=1S/C16H28N2O/c1-6-18(11-14(4)5)12-15-7-8-19-16(15)10-17-9-13(2)3/h7-8,13,17H,4,6,9-12H2,1-3,5H3. The number of nitrogens with one attached hydrogen (secondary N) is 1. The monoisotopic (exact) mass is 264 g/mol. The van der Waals surface area contributed by atoms with Gasteiger partial charge in [-0.3, -0.25) is 4.90 Å². The number of rotatable bonds is 9. The van der Waals surface area contributed by atoms with E-state index in [1.807, 2.05) is 0 Å². The zero-order chi connectivity index (χ0) is 14.3. The Kier molecular flexibility index (Phi) is 6.89. The van der Waals surface area contributed by atoms with Gasteiger partial charge < -0.3 is 9.73 Å². The van der Waals surface area contributed by atoms with Crippen LogP contribution in [-0.2, 0) is 13.1 Å². The van der Waals surface area contributed by atoms with Crippen molar-refractivity contribution in [2.45, 2.75) is 40.8 Å². The molecular formula is C16H28N2O. The summed E-state index contributed by atoms with van der Waals surface area (Å²) in [5.74, 6) is 1.72. The van der Waals surface area contributed by atoms with Gasteiger partial charge in [-0.15, -0.1) is 0 Å². The Balaban J connectivity index is 2.53. The van der Waals surface area contributed by atoms with Crippen molar-refractivity contribution in [1.82, 2.24) is 10.2 Å². The van der Waals surface area contributed by atoms with Gasteiger partial charge >= 0.3 is 0 Å². The Morgan fingerprint density at radius 1 is 1.47 bits per heavy atom. The first-order chi connectivity index (χ1) is 9.02. The third kappa shape index (κ3) is 6.08. The molecule has 1 rings (SSSR count). The number of nitrogens with zero attached hydrogens (tertiary/aromatic N) is 1. The Morgan fingerprint density at radius 2 is 2.21 bits per heavy atom. The van der Waals surface area contributed by atoms with Gasteiger partial charge in [0.25, 0.3) is 0 Å². The van der Waals surface area contributed by atoms with Crippen LogP contribution in [0.1, 0.15) is 39.0 Å². The summed E-state index contributed by atoms with van der Waals surface area (Å²) in [4.78, 5) is 2.37. The van der Waals surface area contributed by atoms with Gasteiger partial charge in [0.05, 0.1) is 12.8 Å². The number of hydrogen-bond acceptors (Lipinski definition) is 3. The first kappa shape index (κ1) is 16.0. The third-order valence-electron chi connectivity index (χ3n) is 3.01. The summed E-state index contributed by atoms with van der Waals surface area (Å²) >= 11 is 0. The molecule has 3 heteroatoms. The SMILES string of the molecule is C=C(C)CN(CC)Cc1ccoc1CNCC(C)C. The van der Waals surface area contributed by atoms with E-state index in [1.54, 1.807) is 6.26 Å². The van der Waals surface area contributed by atoms with Gasteiger partial charge in [-0.05, 0) is 32.0 Å². The second-order valence-electron chi connectivity index (χ2n) is 5.65. The predicted molar refractivity (Wildman–Crippen MR) is 81.0 cm³/mol. The van der Waals surface area contributed by atoms with Crippen LogP contribution in [0.5, 0.6) is 0 Å². The maximum atomic E-state index is 5.59.